The van der Waals surface area contributed by atoms with Crippen LogP contribution in [0, 0.1) is 13.8 Å². The summed E-state index contributed by atoms with van der Waals surface area (Å²) in [4.78, 5) is 28.9. The number of aryl methyl sites for hydroxylation is 2. The fourth-order valence-corrected chi connectivity index (χ4v) is 6.78. The SMILES string of the molecule is CCOc1cc(Br)cc(C(c2c(C)[nH]n(-c3ccc4ccccc4c3)c2=O)c2c(C)[nH]n(-c3ccc4ccccc4c3)c2=O)c1O. The molecule has 0 radical (unpaired) electrons. The first-order chi connectivity index (χ1) is 22.2. The van der Waals surface area contributed by atoms with Gasteiger partial charge in [0.1, 0.15) is 0 Å². The van der Waals surface area contributed by atoms with Gasteiger partial charge in [0.2, 0.25) is 0 Å². The molecule has 0 bridgehead atoms. The molecule has 230 valence electrons. The van der Waals surface area contributed by atoms with Crippen LogP contribution in [0.15, 0.2) is 111 Å². The Balaban J connectivity index is 1.48. The smallest absolute Gasteiger partial charge is 0.275 e. The number of aromatic nitrogens is 4. The Hall–Kier alpha value is -5.28. The molecule has 8 nitrogen and oxygen atoms in total. The van der Waals surface area contributed by atoms with Gasteiger partial charge < -0.3 is 9.84 Å². The van der Waals surface area contributed by atoms with E-state index in [1.807, 2.05) is 106 Å². The highest BCUT2D eigenvalue weighted by Gasteiger charge is 2.34. The molecule has 0 saturated heterocycles. The summed E-state index contributed by atoms with van der Waals surface area (Å²) >= 11 is 3.56. The standard InChI is InChI=1S/C37H31BrN4O4/c1-4-46-31-20-27(38)19-30(35(31)43)34(32-21(2)39-41(36(32)44)28-15-13-23-9-5-7-11-25(23)17-28)33-22(3)40-42(37(33)45)29-16-14-24-10-6-8-12-26(24)18-29/h5-20,34,39-40,43H,4H2,1-3H3. The zero-order valence-corrected chi connectivity index (χ0v) is 27.1. The second-order valence-corrected chi connectivity index (χ2v) is 12.3. The number of hydrogen-bond donors (Lipinski definition) is 3. The summed E-state index contributed by atoms with van der Waals surface area (Å²) in [7, 11) is 0. The summed E-state index contributed by atoms with van der Waals surface area (Å²) in [5, 5.41) is 22.2. The van der Waals surface area contributed by atoms with Crippen LogP contribution >= 0.6 is 15.9 Å². The molecule has 7 rings (SSSR count). The third-order valence-corrected chi connectivity index (χ3v) is 8.93. The summed E-state index contributed by atoms with van der Waals surface area (Å²) in [6.45, 7) is 5.77. The Kier molecular flexibility index (Phi) is 7.41. The first-order valence-electron chi connectivity index (χ1n) is 15.0. The predicted molar refractivity (Wildman–Crippen MR) is 185 cm³/mol. The molecule has 0 aliphatic rings. The molecule has 0 spiro atoms. The number of nitrogens with zero attached hydrogens (tertiary/aromatic N) is 2. The molecule has 0 atom stereocenters. The lowest BCUT2D eigenvalue weighted by atomic mass is 9.84. The van der Waals surface area contributed by atoms with Crippen LogP contribution in [0.1, 0.15) is 40.9 Å². The van der Waals surface area contributed by atoms with Crippen molar-refractivity contribution in [1.29, 1.82) is 0 Å². The van der Waals surface area contributed by atoms with Gasteiger partial charge in [0.05, 0.1) is 35.0 Å². The third kappa shape index (κ3) is 4.93. The fourth-order valence-electron chi connectivity index (χ4n) is 6.33. The molecule has 0 saturated carbocycles. The highest BCUT2D eigenvalue weighted by Crippen LogP contribution is 2.43. The van der Waals surface area contributed by atoms with Crippen LogP contribution in [-0.2, 0) is 0 Å². The third-order valence-electron chi connectivity index (χ3n) is 8.47. The minimum Gasteiger partial charge on any atom is -0.504 e. The second kappa shape index (κ2) is 11.6. The maximum atomic E-state index is 14.5. The van der Waals surface area contributed by atoms with Crippen molar-refractivity contribution >= 4 is 37.5 Å². The number of H-pyrrole nitrogens is 2. The molecule has 3 N–H and O–H groups in total. The van der Waals surface area contributed by atoms with Gasteiger partial charge >= 0.3 is 0 Å². The van der Waals surface area contributed by atoms with Gasteiger partial charge in [0.15, 0.2) is 11.5 Å². The van der Waals surface area contributed by atoms with Crippen molar-refractivity contribution in [1.82, 2.24) is 19.6 Å². The lowest BCUT2D eigenvalue weighted by molar-refractivity contribution is 0.316. The van der Waals surface area contributed by atoms with Crippen LogP contribution in [0.5, 0.6) is 11.5 Å². The van der Waals surface area contributed by atoms with Crippen molar-refractivity contribution < 1.29 is 9.84 Å². The first kappa shape index (κ1) is 29.4. The Bertz CT molecular complexity index is 2260. The van der Waals surface area contributed by atoms with Crippen molar-refractivity contribution in [3.63, 3.8) is 0 Å². The topological polar surface area (TPSA) is 105 Å². The molecular weight excluding hydrogens is 644 g/mol. The lowest BCUT2D eigenvalue weighted by Gasteiger charge is -2.19. The number of aromatic amines is 2. The number of hydrogen-bond acceptors (Lipinski definition) is 4. The maximum absolute atomic E-state index is 14.5. The number of aromatic hydroxyl groups is 1. The van der Waals surface area contributed by atoms with Crippen LogP contribution < -0.4 is 15.9 Å². The van der Waals surface area contributed by atoms with E-state index in [4.69, 9.17) is 4.74 Å². The van der Waals surface area contributed by atoms with E-state index in [1.54, 1.807) is 12.1 Å². The van der Waals surface area contributed by atoms with Crippen LogP contribution in [0.4, 0.5) is 0 Å². The van der Waals surface area contributed by atoms with Gasteiger partial charge in [-0.1, -0.05) is 76.6 Å². The van der Waals surface area contributed by atoms with Crippen LogP contribution in [0.25, 0.3) is 32.9 Å². The number of fused-ring (bicyclic) bond motifs is 2. The van der Waals surface area contributed by atoms with Gasteiger partial charge in [-0.25, -0.2) is 9.36 Å². The van der Waals surface area contributed by atoms with Crippen molar-refractivity contribution in [2.75, 3.05) is 6.61 Å². The van der Waals surface area contributed by atoms with E-state index in [1.165, 1.54) is 9.36 Å². The van der Waals surface area contributed by atoms with Gasteiger partial charge in [-0.05, 0) is 78.7 Å². The highest BCUT2D eigenvalue weighted by atomic mass is 79.9. The molecule has 46 heavy (non-hydrogen) atoms. The van der Waals surface area contributed by atoms with Crippen molar-refractivity contribution in [2.45, 2.75) is 26.7 Å². The Labute approximate surface area is 272 Å². The number of nitrogens with one attached hydrogen (secondary N) is 2. The minimum atomic E-state index is -0.937. The number of benzene rings is 5. The summed E-state index contributed by atoms with van der Waals surface area (Å²) in [5.74, 6) is -0.819. The van der Waals surface area contributed by atoms with E-state index in [0.717, 1.165) is 21.5 Å². The maximum Gasteiger partial charge on any atom is 0.275 e. The zero-order chi connectivity index (χ0) is 32.1. The van der Waals surface area contributed by atoms with Gasteiger partial charge in [0, 0.05) is 21.4 Å². The number of phenols is 1. The second-order valence-electron chi connectivity index (χ2n) is 11.4. The largest absolute Gasteiger partial charge is 0.504 e. The van der Waals surface area contributed by atoms with Gasteiger partial charge in [0.25, 0.3) is 11.1 Å². The number of halogens is 1. The Morgan fingerprint density at radius 3 is 1.67 bits per heavy atom. The molecule has 7 aromatic rings. The van der Waals surface area contributed by atoms with E-state index < -0.39 is 5.92 Å². The molecule has 0 fully saturated rings. The molecular formula is C37H31BrN4O4. The minimum absolute atomic E-state index is 0.135. The normalized spacial score (nSPS) is 11.6. The van der Waals surface area contributed by atoms with Gasteiger partial charge in [-0.2, -0.15) is 0 Å². The quantitative estimate of drug-likeness (QED) is 0.162. The summed E-state index contributed by atoms with van der Waals surface area (Å²) in [5.41, 5.74) is 2.85. The van der Waals surface area contributed by atoms with Crippen LogP contribution in [0.2, 0.25) is 0 Å². The number of ether oxygens (including phenoxy) is 1. The Morgan fingerprint density at radius 2 is 1.20 bits per heavy atom. The van der Waals surface area contributed by atoms with Crippen LogP contribution in [-0.4, -0.2) is 31.3 Å². The molecule has 2 heterocycles. The van der Waals surface area contributed by atoms with E-state index in [-0.39, 0.29) is 22.6 Å². The van der Waals surface area contributed by atoms with E-state index in [2.05, 4.69) is 26.1 Å². The fraction of sp³-hybridized carbons (Fsp3) is 0.135. The van der Waals surface area contributed by atoms with E-state index in [0.29, 0.717) is 50.5 Å². The summed E-state index contributed by atoms with van der Waals surface area (Å²) in [6.07, 6.45) is 0. The predicted octanol–water partition coefficient (Wildman–Crippen LogP) is 7.61. The molecule has 0 aliphatic heterocycles. The summed E-state index contributed by atoms with van der Waals surface area (Å²) < 4.78 is 9.39. The number of rotatable bonds is 7. The van der Waals surface area contributed by atoms with Crippen molar-refractivity contribution in [3.8, 4) is 22.9 Å². The molecule has 0 unspecified atom stereocenters. The Morgan fingerprint density at radius 1 is 0.717 bits per heavy atom. The molecule has 2 aromatic heterocycles. The van der Waals surface area contributed by atoms with E-state index >= 15 is 0 Å². The number of phenolic OH excluding ortho intramolecular Hbond substituents is 1. The van der Waals surface area contributed by atoms with Crippen LogP contribution in [0.3, 0.4) is 0 Å². The molecule has 0 amide bonds. The van der Waals surface area contributed by atoms with Crippen molar-refractivity contribution in [2.24, 2.45) is 0 Å². The first-order valence-corrected chi connectivity index (χ1v) is 15.8. The molecule has 9 heteroatoms. The highest BCUT2D eigenvalue weighted by molar-refractivity contribution is 9.10. The van der Waals surface area contributed by atoms with Gasteiger partial charge in [-0.15, -0.1) is 0 Å². The average molecular weight is 676 g/mol. The molecule has 5 aromatic carbocycles. The van der Waals surface area contributed by atoms with E-state index in [9.17, 15) is 14.7 Å². The monoisotopic (exact) mass is 674 g/mol. The van der Waals surface area contributed by atoms with Gasteiger partial charge in [-0.3, -0.25) is 19.8 Å². The average Bonchev–Trinajstić information content (AvgIpc) is 3.52. The zero-order valence-electron chi connectivity index (χ0n) is 25.5. The lowest BCUT2D eigenvalue weighted by Crippen LogP contribution is -2.25. The summed E-state index contributed by atoms with van der Waals surface area (Å²) in [6, 6.07) is 30.9. The molecule has 0 aliphatic carbocycles. The van der Waals surface area contributed by atoms with Crippen molar-refractivity contribution in [3.05, 3.63) is 150 Å².